The second-order valence-corrected chi connectivity index (χ2v) is 5.84. The van der Waals surface area contributed by atoms with Crippen LogP contribution in [-0.4, -0.2) is 66.6 Å². The third kappa shape index (κ3) is 3.09. The van der Waals surface area contributed by atoms with Crippen molar-refractivity contribution in [1.82, 2.24) is 15.1 Å². The summed E-state index contributed by atoms with van der Waals surface area (Å²) in [5, 5.41) is 3.33. The van der Waals surface area contributed by atoms with Gasteiger partial charge in [0.1, 0.15) is 0 Å². The summed E-state index contributed by atoms with van der Waals surface area (Å²) in [6, 6.07) is 0.519. The maximum atomic E-state index is 11.8. The number of amides is 1. The standard InChI is InChI=1S/C14H28N4O/c1-3-16-14(13(15)19)6-5-12(11-14)18-9-7-17(4-2)8-10-18/h12,16H,3-11H2,1-2H3,(H2,15,19). The first-order valence-corrected chi connectivity index (χ1v) is 7.62. The number of primary amides is 1. The molecule has 1 amide bonds. The summed E-state index contributed by atoms with van der Waals surface area (Å²) in [6.07, 6.45) is 2.85. The van der Waals surface area contributed by atoms with Gasteiger partial charge in [-0.2, -0.15) is 0 Å². The van der Waals surface area contributed by atoms with Crippen LogP contribution in [0.15, 0.2) is 0 Å². The van der Waals surface area contributed by atoms with E-state index < -0.39 is 5.54 Å². The second kappa shape index (κ2) is 6.20. The first kappa shape index (κ1) is 14.8. The van der Waals surface area contributed by atoms with Gasteiger partial charge in [0.25, 0.3) is 0 Å². The van der Waals surface area contributed by atoms with Crippen molar-refractivity contribution in [2.45, 2.75) is 44.7 Å². The van der Waals surface area contributed by atoms with Crippen LogP contribution in [0.25, 0.3) is 0 Å². The number of carbonyl (C=O) groups is 1. The quantitative estimate of drug-likeness (QED) is 0.737. The number of nitrogens with two attached hydrogens (primary N) is 1. The van der Waals surface area contributed by atoms with Gasteiger partial charge in [0.05, 0.1) is 5.54 Å². The van der Waals surface area contributed by atoms with Gasteiger partial charge in [0.2, 0.25) is 5.91 Å². The molecule has 2 unspecified atom stereocenters. The first-order valence-electron chi connectivity index (χ1n) is 7.62. The molecule has 0 aromatic carbocycles. The second-order valence-electron chi connectivity index (χ2n) is 5.84. The summed E-state index contributed by atoms with van der Waals surface area (Å²) in [4.78, 5) is 16.8. The molecule has 1 aliphatic heterocycles. The highest BCUT2D eigenvalue weighted by atomic mass is 16.1. The monoisotopic (exact) mass is 268 g/mol. The van der Waals surface area contributed by atoms with E-state index in [0.717, 1.165) is 58.5 Å². The Balaban J connectivity index is 1.92. The van der Waals surface area contributed by atoms with E-state index >= 15 is 0 Å². The molecule has 19 heavy (non-hydrogen) atoms. The van der Waals surface area contributed by atoms with Gasteiger partial charge in [-0.05, 0) is 32.4 Å². The Labute approximate surface area is 116 Å². The zero-order chi connectivity index (χ0) is 13.9. The van der Waals surface area contributed by atoms with Crippen LogP contribution in [0.1, 0.15) is 33.1 Å². The van der Waals surface area contributed by atoms with Crippen LogP contribution in [-0.2, 0) is 4.79 Å². The number of rotatable bonds is 5. The van der Waals surface area contributed by atoms with E-state index in [-0.39, 0.29) is 5.91 Å². The van der Waals surface area contributed by atoms with Gasteiger partial charge in [-0.1, -0.05) is 13.8 Å². The third-order valence-corrected chi connectivity index (χ3v) is 4.85. The number of likely N-dealkylation sites (N-methyl/N-ethyl adjacent to an activating group) is 2. The van der Waals surface area contributed by atoms with Crippen molar-refractivity contribution in [1.29, 1.82) is 0 Å². The van der Waals surface area contributed by atoms with Crippen LogP contribution in [0, 0.1) is 0 Å². The summed E-state index contributed by atoms with van der Waals surface area (Å²) in [7, 11) is 0. The van der Waals surface area contributed by atoms with Crippen molar-refractivity contribution >= 4 is 5.91 Å². The smallest absolute Gasteiger partial charge is 0.237 e. The summed E-state index contributed by atoms with van der Waals surface area (Å²) >= 11 is 0. The zero-order valence-electron chi connectivity index (χ0n) is 12.3. The SMILES string of the molecule is CCNC1(C(N)=O)CCC(N2CCN(CC)CC2)C1. The molecule has 1 saturated heterocycles. The van der Waals surface area contributed by atoms with Crippen LogP contribution < -0.4 is 11.1 Å². The largest absolute Gasteiger partial charge is 0.368 e. The van der Waals surface area contributed by atoms with Crippen molar-refractivity contribution in [3.63, 3.8) is 0 Å². The molecule has 0 spiro atoms. The molecule has 5 heteroatoms. The highest BCUT2D eigenvalue weighted by molar-refractivity contribution is 5.85. The summed E-state index contributed by atoms with van der Waals surface area (Å²) < 4.78 is 0. The predicted octanol–water partition coefficient (Wildman–Crippen LogP) is 0.0100. The van der Waals surface area contributed by atoms with E-state index in [1.807, 2.05) is 6.92 Å². The summed E-state index contributed by atoms with van der Waals surface area (Å²) in [5.41, 5.74) is 5.17. The van der Waals surface area contributed by atoms with Gasteiger partial charge < -0.3 is 16.0 Å². The Kier molecular flexibility index (Phi) is 4.81. The molecule has 5 nitrogen and oxygen atoms in total. The lowest BCUT2D eigenvalue weighted by atomic mass is 9.96. The highest BCUT2D eigenvalue weighted by Crippen LogP contribution is 2.33. The maximum absolute atomic E-state index is 11.8. The molecular weight excluding hydrogens is 240 g/mol. The van der Waals surface area contributed by atoms with Crippen molar-refractivity contribution in [3.8, 4) is 0 Å². The fourth-order valence-electron chi connectivity index (χ4n) is 3.59. The highest BCUT2D eigenvalue weighted by Gasteiger charge is 2.45. The molecule has 2 fully saturated rings. The van der Waals surface area contributed by atoms with E-state index in [4.69, 9.17) is 5.73 Å². The molecule has 0 aromatic rings. The molecular formula is C14H28N4O. The molecule has 2 rings (SSSR count). The lowest BCUT2D eigenvalue weighted by Crippen LogP contribution is -2.55. The molecule has 0 radical (unpaired) electrons. The van der Waals surface area contributed by atoms with Crippen molar-refractivity contribution < 1.29 is 4.79 Å². The molecule has 1 aliphatic carbocycles. The Morgan fingerprint density at radius 3 is 2.53 bits per heavy atom. The average molecular weight is 268 g/mol. The summed E-state index contributed by atoms with van der Waals surface area (Å²) in [5.74, 6) is -0.177. The molecule has 1 saturated carbocycles. The van der Waals surface area contributed by atoms with Gasteiger partial charge in [-0.15, -0.1) is 0 Å². The van der Waals surface area contributed by atoms with Crippen molar-refractivity contribution in [2.75, 3.05) is 39.3 Å². The van der Waals surface area contributed by atoms with Crippen LogP contribution >= 0.6 is 0 Å². The topological polar surface area (TPSA) is 61.6 Å². The van der Waals surface area contributed by atoms with Gasteiger partial charge in [0.15, 0.2) is 0 Å². The van der Waals surface area contributed by atoms with E-state index in [1.165, 1.54) is 0 Å². The molecule has 3 N–H and O–H groups in total. The molecule has 2 atom stereocenters. The fraction of sp³-hybridized carbons (Fsp3) is 0.929. The molecule has 1 heterocycles. The predicted molar refractivity (Wildman–Crippen MR) is 76.9 cm³/mol. The number of carbonyl (C=O) groups excluding carboxylic acids is 1. The fourth-order valence-corrected chi connectivity index (χ4v) is 3.59. The number of nitrogens with one attached hydrogen (secondary N) is 1. The Hall–Kier alpha value is -0.650. The number of hydrogen-bond acceptors (Lipinski definition) is 4. The van der Waals surface area contributed by atoms with Crippen molar-refractivity contribution in [3.05, 3.63) is 0 Å². The van der Waals surface area contributed by atoms with Crippen LogP contribution in [0.5, 0.6) is 0 Å². The van der Waals surface area contributed by atoms with Gasteiger partial charge in [-0.25, -0.2) is 0 Å². The normalized spacial score (nSPS) is 33.7. The third-order valence-electron chi connectivity index (χ3n) is 4.85. The Morgan fingerprint density at radius 1 is 1.32 bits per heavy atom. The number of nitrogens with zero attached hydrogens (tertiary/aromatic N) is 2. The van der Waals surface area contributed by atoms with Crippen LogP contribution in [0.3, 0.4) is 0 Å². The van der Waals surface area contributed by atoms with Gasteiger partial charge >= 0.3 is 0 Å². The van der Waals surface area contributed by atoms with E-state index in [0.29, 0.717) is 6.04 Å². The minimum absolute atomic E-state index is 0.177. The van der Waals surface area contributed by atoms with Crippen LogP contribution in [0.2, 0.25) is 0 Å². The Bertz CT molecular complexity index is 315. The van der Waals surface area contributed by atoms with E-state index in [9.17, 15) is 4.79 Å². The molecule has 0 bridgehead atoms. The lowest BCUT2D eigenvalue weighted by Gasteiger charge is -2.38. The number of hydrogen-bond donors (Lipinski definition) is 2. The van der Waals surface area contributed by atoms with Gasteiger partial charge in [-0.3, -0.25) is 9.69 Å². The minimum Gasteiger partial charge on any atom is -0.368 e. The molecule has 0 aromatic heterocycles. The summed E-state index contributed by atoms with van der Waals surface area (Å²) in [6.45, 7) is 10.8. The zero-order valence-corrected chi connectivity index (χ0v) is 12.3. The molecule has 110 valence electrons. The van der Waals surface area contributed by atoms with Gasteiger partial charge in [0, 0.05) is 32.2 Å². The van der Waals surface area contributed by atoms with Crippen LogP contribution in [0.4, 0.5) is 0 Å². The molecule has 2 aliphatic rings. The minimum atomic E-state index is -0.457. The Morgan fingerprint density at radius 2 is 2.00 bits per heavy atom. The average Bonchev–Trinajstić information content (AvgIpc) is 2.85. The van der Waals surface area contributed by atoms with E-state index in [1.54, 1.807) is 0 Å². The van der Waals surface area contributed by atoms with Crippen molar-refractivity contribution in [2.24, 2.45) is 5.73 Å². The first-order chi connectivity index (χ1) is 9.11. The van der Waals surface area contributed by atoms with E-state index in [2.05, 4.69) is 22.0 Å². The number of piperazine rings is 1. The maximum Gasteiger partial charge on any atom is 0.237 e. The lowest BCUT2D eigenvalue weighted by molar-refractivity contribution is -0.124.